The van der Waals surface area contributed by atoms with Gasteiger partial charge in [0.05, 0.1) is 29.0 Å². The van der Waals surface area contributed by atoms with E-state index in [1.165, 1.54) is 7.11 Å². The molecule has 0 saturated heterocycles. The third-order valence-electron chi connectivity index (χ3n) is 2.14. The van der Waals surface area contributed by atoms with Crippen molar-refractivity contribution in [3.63, 3.8) is 0 Å². The van der Waals surface area contributed by atoms with Crippen molar-refractivity contribution in [2.24, 2.45) is 0 Å². The van der Waals surface area contributed by atoms with Crippen LogP contribution in [0.2, 0.25) is 0 Å². The van der Waals surface area contributed by atoms with Crippen LogP contribution in [0.1, 0.15) is 10.4 Å². The lowest BCUT2D eigenvalue weighted by molar-refractivity contribution is 0.0599. The summed E-state index contributed by atoms with van der Waals surface area (Å²) in [6.07, 6.45) is -0.826. The van der Waals surface area contributed by atoms with E-state index in [4.69, 9.17) is 5.11 Å². The summed E-state index contributed by atoms with van der Waals surface area (Å²) in [5, 5.41) is 20.9. The fourth-order valence-corrected chi connectivity index (χ4v) is 2.00. The Morgan fingerprint density at radius 2 is 2.29 bits per heavy atom. The molecule has 1 unspecified atom stereocenters. The van der Waals surface area contributed by atoms with E-state index in [9.17, 15) is 9.90 Å². The minimum Gasteiger partial charge on any atom is -0.465 e. The van der Waals surface area contributed by atoms with Crippen molar-refractivity contribution in [3.05, 3.63) is 27.3 Å². The zero-order valence-electron chi connectivity index (χ0n) is 9.31. The molecule has 17 heavy (non-hydrogen) atoms. The van der Waals surface area contributed by atoms with Crippen LogP contribution in [0.15, 0.2) is 18.2 Å². The van der Waals surface area contributed by atoms with Crippen molar-refractivity contribution in [1.29, 1.82) is 0 Å². The number of benzene rings is 1. The number of aliphatic hydroxyl groups excluding tert-OH is 2. The number of halogens is 1. The third-order valence-corrected chi connectivity index (χ3v) is 3.31. The second-order valence-electron chi connectivity index (χ2n) is 3.38. The first kappa shape index (κ1) is 14.2. The van der Waals surface area contributed by atoms with Crippen LogP contribution >= 0.6 is 22.6 Å². The van der Waals surface area contributed by atoms with E-state index in [0.29, 0.717) is 5.56 Å². The lowest BCUT2D eigenvalue weighted by atomic mass is 10.2. The molecule has 0 amide bonds. The SMILES string of the molecule is COC(=O)c1cccc(NCC(O)CO)c1I. The van der Waals surface area contributed by atoms with E-state index >= 15 is 0 Å². The molecule has 6 heteroatoms. The Morgan fingerprint density at radius 3 is 2.88 bits per heavy atom. The van der Waals surface area contributed by atoms with Gasteiger partial charge in [0, 0.05) is 12.2 Å². The first-order valence-corrected chi connectivity index (χ1v) is 6.07. The molecule has 1 aromatic carbocycles. The van der Waals surface area contributed by atoms with Crippen LogP contribution in [0.3, 0.4) is 0 Å². The fraction of sp³-hybridized carbons (Fsp3) is 0.364. The third kappa shape index (κ3) is 3.83. The summed E-state index contributed by atoms with van der Waals surface area (Å²) in [4.78, 5) is 11.4. The first-order chi connectivity index (χ1) is 8.10. The normalized spacial score (nSPS) is 12.0. The zero-order valence-corrected chi connectivity index (χ0v) is 11.5. The molecule has 3 N–H and O–H groups in total. The lowest BCUT2D eigenvalue weighted by Gasteiger charge is -2.13. The van der Waals surface area contributed by atoms with Gasteiger partial charge in [-0.25, -0.2) is 4.79 Å². The van der Waals surface area contributed by atoms with Crippen molar-refractivity contribution in [2.45, 2.75) is 6.10 Å². The number of esters is 1. The molecule has 1 aromatic rings. The van der Waals surface area contributed by atoms with E-state index < -0.39 is 12.1 Å². The fourth-order valence-electron chi connectivity index (χ4n) is 1.23. The molecule has 0 radical (unpaired) electrons. The maximum atomic E-state index is 11.4. The number of hydrogen-bond donors (Lipinski definition) is 3. The Balaban J connectivity index is 2.83. The number of hydrogen-bond acceptors (Lipinski definition) is 5. The van der Waals surface area contributed by atoms with E-state index in [1.54, 1.807) is 18.2 Å². The molecule has 0 spiro atoms. The number of methoxy groups -OCH3 is 1. The lowest BCUT2D eigenvalue weighted by Crippen LogP contribution is -2.23. The Labute approximate surface area is 113 Å². The number of rotatable bonds is 5. The minimum absolute atomic E-state index is 0.219. The Hall–Kier alpha value is -0.860. The average Bonchev–Trinajstić information content (AvgIpc) is 2.36. The van der Waals surface area contributed by atoms with E-state index in [2.05, 4.69) is 10.1 Å². The van der Waals surface area contributed by atoms with E-state index in [-0.39, 0.29) is 13.2 Å². The Kier molecular flexibility index (Phi) is 5.66. The summed E-state index contributed by atoms with van der Waals surface area (Å²) in [7, 11) is 1.33. The molecule has 0 aromatic heterocycles. The molecule has 1 rings (SSSR count). The molecule has 94 valence electrons. The van der Waals surface area contributed by atoms with Gasteiger partial charge in [-0.2, -0.15) is 0 Å². The van der Waals surface area contributed by atoms with Gasteiger partial charge in [-0.05, 0) is 34.7 Å². The molecular weight excluding hydrogens is 337 g/mol. The molecule has 0 bridgehead atoms. The summed E-state index contributed by atoms with van der Waals surface area (Å²) >= 11 is 2.03. The highest BCUT2D eigenvalue weighted by Gasteiger charge is 2.13. The summed E-state index contributed by atoms with van der Waals surface area (Å²) in [6, 6.07) is 5.18. The molecule has 0 aliphatic carbocycles. The van der Waals surface area contributed by atoms with Crippen LogP contribution in [-0.4, -0.2) is 42.5 Å². The number of aliphatic hydroxyl groups is 2. The van der Waals surface area contributed by atoms with Crippen molar-refractivity contribution >= 4 is 34.2 Å². The van der Waals surface area contributed by atoms with Gasteiger partial charge in [0.2, 0.25) is 0 Å². The Bertz CT molecular complexity index is 397. The van der Waals surface area contributed by atoms with E-state index in [1.807, 2.05) is 22.6 Å². The number of carbonyl (C=O) groups excluding carboxylic acids is 1. The molecule has 0 fully saturated rings. The highest BCUT2D eigenvalue weighted by molar-refractivity contribution is 14.1. The van der Waals surface area contributed by atoms with Gasteiger partial charge < -0.3 is 20.3 Å². The van der Waals surface area contributed by atoms with Gasteiger partial charge >= 0.3 is 5.97 Å². The summed E-state index contributed by atoms with van der Waals surface area (Å²) < 4.78 is 5.38. The summed E-state index contributed by atoms with van der Waals surface area (Å²) in [5.41, 5.74) is 1.19. The number of carbonyl (C=O) groups is 1. The minimum atomic E-state index is -0.826. The molecule has 0 aliphatic rings. The number of ether oxygens (including phenoxy) is 1. The van der Waals surface area contributed by atoms with Gasteiger partial charge in [0.15, 0.2) is 0 Å². The van der Waals surface area contributed by atoms with Crippen LogP contribution in [-0.2, 0) is 4.74 Å². The predicted octanol–water partition coefficient (Wildman–Crippen LogP) is 0.843. The second-order valence-corrected chi connectivity index (χ2v) is 4.45. The van der Waals surface area contributed by atoms with Crippen LogP contribution in [0.4, 0.5) is 5.69 Å². The standard InChI is InChI=1S/C11H14INO4/c1-17-11(16)8-3-2-4-9(10(8)12)13-5-7(15)6-14/h2-4,7,13-15H,5-6H2,1H3. The van der Waals surface area contributed by atoms with Crippen LogP contribution in [0, 0.1) is 3.57 Å². The largest absolute Gasteiger partial charge is 0.465 e. The molecule has 0 aliphatic heterocycles. The topological polar surface area (TPSA) is 78.8 Å². The van der Waals surface area contributed by atoms with E-state index in [0.717, 1.165) is 9.26 Å². The predicted molar refractivity (Wildman–Crippen MR) is 72.1 cm³/mol. The molecule has 0 saturated carbocycles. The van der Waals surface area contributed by atoms with Crippen LogP contribution < -0.4 is 5.32 Å². The van der Waals surface area contributed by atoms with Gasteiger partial charge in [0.1, 0.15) is 0 Å². The summed E-state index contributed by atoms with van der Waals surface area (Å²) in [6.45, 7) is -0.0859. The first-order valence-electron chi connectivity index (χ1n) is 4.99. The maximum Gasteiger partial charge on any atom is 0.339 e. The molecule has 0 heterocycles. The monoisotopic (exact) mass is 351 g/mol. The quantitative estimate of drug-likeness (QED) is 0.541. The molecular formula is C11H14INO4. The maximum absolute atomic E-state index is 11.4. The van der Waals surface area contributed by atoms with Crippen LogP contribution in [0.25, 0.3) is 0 Å². The highest BCUT2D eigenvalue weighted by Crippen LogP contribution is 2.22. The average molecular weight is 351 g/mol. The van der Waals surface area contributed by atoms with Gasteiger partial charge in [-0.3, -0.25) is 0 Å². The van der Waals surface area contributed by atoms with Crippen molar-refractivity contribution in [3.8, 4) is 0 Å². The summed E-state index contributed by atoms with van der Waals surface area (Å²) in [5.74, 6) is -0.402. The Morgan fingerprint density at radius 1 is 1.59 bits per heavy atom. The molecule has 1 atom stereocenters. The van der Waals surface area contributed by atoms with Gasteiger partial charge in [-0.1, -0.05) is 6.07 Å². The van der Waals surface area contributed by atoms with Crippen molar-refractivity contribution in [1.82, 2.24) is 0 Å². The smallest absolute Gasteiger partial charge is 0.339 e. The zero-order chi connectivity index (χ0) is 12.8. The number of nitrogens with one attached hydrogen (secondary N) is 1. The van der Waals surface area contributed by atoms with Crippen LogP contribution in [0.5, 0.6) is 0 Å². The molecule has 5 nitrogen and oxygen atoms in total. The van der Waals surface area contributed by atoms with Crippen molar-refractivity contribution < 1.29 is 19.7 Å². The van der Waals surface area contributed by atoms with Crippen molar-refractivity contribution in [2.75, 3.05) is 25.6 Å². The number of anilines is 1. The van der Waals surface area contributed by atoms with Gasteiger partial charge in [-0.15, -0.1) is 0 Å². The highest BCUT2D eigenvalue weighted by atomic mass is 127. The second kappa shape index (κ2) is 6.77. The van der Waals surface area contributed by atoms with Gasteiger partial charge in [0.25, 0.3) is 0 Å².